The first-order valence-electron chi connectivity index (χ1n) is 9.65. The lowest BCUT2D eigenvalue weighted by atomic mass is 9.73. The number of nitrogens with zero attached hydrogens (tertiary/aromatic N) is 3. The smallest absolute Gasteiger partial charge is 0.263 e. The number of imidazole rings is 1. The Labute approximate surface area is 163 Å². The molecule has 2 aliphatic rings. The van der Waals surface area contributed by atoms with Gasteiger partial charge < -0.3 is 14.8 Å². The number of hydrogen-bond acceptors (Lipinski definition) is 4. The third kappa shape index (κ3) is 3.93. The topological polar surface area (TPSA) is 69.3 Å². The predicted molar refractivity (Wildman–Crippen MR) is 105 cm³/mol. The zero-order chi connectivity index (χ0) is 18.9. The molecule has 0 bridgehead atoms. The van der Waals surface area contributed by atoms with Gasteiger partial charge in [0.15, 0.2) is 0 Å². The van der Waals surface area contributed by atoms with Gasteiger partial charge in [0.25, 0.3) is 5.91 Å². The Morgan fingerprint density at radius 3 is 2.96 bits per heavy atom. The molecule has 4 rings (SSSR count). The zero-order valence-electron chi connectivity index (χ0n) is 15.7. The molecule has 27 heavy (non-hydrogen) atoms. The second-order valence-corrected chi connectivity index (χ2v) is 9.17. The summed E-state index contributed by atoms with van der Waals surface area (Å²) in [4.78, 5) is 38.5. The highest BCUT2D eigenvalue weighted by molar-refractivity contribution is 7.13. The number of nitrogens with one attached hydrogen (secondary N) is 1. The molecule has 2 aromatic rings. The number of H-pyrrole nitrogens is 1. The van der Waals surface area contributed by atoms with Crippen LogP contribution >= 0.6 is 11.3 Å². The van der Waals surface area contributed by atoms with Crippen LogP contribution in [0.15, 0.2) is 24.7 Å². The van der Waals surface area contributed by atoms with Gasteiger partial charge in [0.1, 0.15) is 0 Å². The molecule has 1 atom stereocenters. The van der Waals surface area contributed by atoms with E-state index < -0.39 is 0 Å². The van der Waals surface area contributed by atoms with Crippen LogP contribution in [-0.4, -0.2) is 57.8 Å². The van der Waals surface area contributed by atoms with Crippen molar-refractivity contribution in [3.8, 4) is 0 Å². The van der Waals surface area contributed by atoms with Gasteiger partial charge in [-0.25, -0.2) is 4.98 Å². The Morgan fingerprint density at radius 2 is 2.22 bits per heavy atom. The molecule has 6 nitrogen and oxygen atoms in total. The molecule has 0 radical (unpaired) electrons. The number of likely N-dealkylation sites (tertiary alicyclic amines) is 2. The number of hydrogen-bond donors (Lipinski definition) is 1. The molecule has 2 amide bonds. The average Bonchev–Trinajstić information content (AvgIpc) is 3.34. The van der Waals surface area contributed by atoms with Gasteiger partial charge in [0.2, 0.25) is 5.91 Å². The largest absolute Gasteiger partial charge is 0.348 e. The number of aryl methyl sites for hydroxylation is 1. The SMILES string of the molecule is Cc1ccc(C(=O)N2CCCC3(CCC(=O)N(CCc4cnc[nH]4)C3)C2)s1. The minimum atomic E-state index is 0.0438. The monoisotopic (exact) mass is 386 g/mol. The third-order valence-corrected chi connectivity index (χ3v) is 6.84. The van der Waals surface area contributed by atoms with Crippen LogP contribution in [0.5, 0.6) is 0 Å². The number of carbonyl (C=O) groups is 2. The van der Waals surface area contributed by atoms with Crippen molar-refractivity contribution in [2.45, 2.75) is 39.0 Å². The van der Waals surface area contributed by atoms with Crippen molar-refractivity contribution in [2.75, 3.05) is 26.2 Å². The molecule has 1 unspecified atom stereocenters. The van der Waals surface area contributed by atoms with E-state index in [-0.39, 0.29) is 17.2 Å². The Morgan fingerprint density at radius 1 is 1.33 bits per heavy atom. The van der Waals surface area contributed by atoms with Crippen molar-refractivity contribution >= 4 is 23.2 Å². The van der Waals surface area contributed by atoms with E-state index in [1.807, 2.05) is 35.1 Å². The Kier molecular flexibility index (Phi) is 5.04. The van der Waals surface area contributed by atoms with Gasteiger partial charge in [-0.2, -0.15) is 0 Å². The lowest BCUT2D eigenvalue weighted by Gasteiger charge is -2.48. The van der Waals surface area contributed by atoms with E-state index in [1.54, 1.807) is 17.7 Å². The van der Waals surface area contributed by atoms with Crippen LogP contribution in [0.25, 0.3) is 0 Å². The summed E-state index contributed by atoms with van der Waals surface area (Å²) < 4.78 is 0. The molecule has 0 saturated carbocycles. The minimum Gasteiger partial charge on any atom is -0.348 e. The van der Waals surface area contributed by atoms with Crippen LogP contribution in [-0.2, 0) is 11.2 Å². The van der Waals surface area contributed by atoms with Gasteiger partial charge in [-0.1, -0.05) is 0 Å². The van der Waals surface area contributed by atoms with Gasteiger partial charge in [-0.05, 0) is 38.3 Å². The predicted octanol–water partition coefficient (Wildman–Crippen LogP) is 2.87. The van der Waals surface area contributed by atoms with Gasteiger partial charge in [-0.3, -0.25) is 9.59 Å². The van der Waals surface area contributed by atoms with Crippen LogP contribution in [0.2, 0.25) is 0 Å². The summed E-state index contributed by atoms with van der Waals surface area (Å²) in [6.07, 6.45) is 7.86. The second kappa shape index (κ2) is 7.46. The van der Waals surface area contributed by atoms with E-state index in [0.717, 1.165) is 55.9 Å². The Bertz CT molecular complexity index is 816. The van der Waals surface area contributed by atoms with Crippen LogP contribution in [0.1, 0.15) is 45.9 Å². The maximum atomic E-state index is 12.9. The fraction of sp³-hybridized carbons (Fsp3) is 0.550. The van der Waals surface area contributed by atoms with Gasteiger partial charge in [-0.15, -0.1) is 11.3 Å². The molecule has 2 aromatic heterocycles. The van der Waals surface area contributed by atoms with Crippen LogP contribution in [0.4, 0.5) is 0 Å². The second-order valence-electron chi connectivity index (χ2n) is 7.88. The number of carbonyl (C=O) groups excluding carboxylic acids is 2. The number of amides is 2. The first-order chi connectivity index (χ1) is 13.0. The van der Waals surface area contributed by atoms with Gasteiger partial charge in [0, 0.05) is 61.2 Å². The number of rotatable bonds is 4. The Balaban J connectivity index is 1.43. The fourth-order valence-electron chi connectivity index (χ4n) is 4.40. The molecule has 7 heteroatoms. The highest BCUT2D eigenvalue weighted by atomic mass is 32.1. The maximum Gasteiger partial charge on any atom is 0.263 e. The van der Waals surface area contributed by atoms with E-state index in [1.165, 1.54) is 4.88 Å². The molecule has 144 valence electrons. The molecule has 1 spiro atoms. The van der Waals surface area contributed by atoms with E-state index in [4.69, 9.17) is 0 Å². The van der Waals surface area contributed by atoms with E-state index >= 15 is 0 Å². The molecule has 0 aliphatic carbocycles. The summed E-state index contributed by atoms with van der Waals surface area (Å²) in [5.41, 5.74) is 1.10. The standard InChI is InChI=1S/C20H26N4O2S/c1-15-3-4-17(27-15)19(26)24-9-2-7-20(13-24)8-5-18(25)23(12-20)10-6-16-11-21-14-22-16/h3-4,11,14H,2,5-10,12-13H2,1H3,(H,21,22). The summed E-state index contributed by atoms with van der Waals surface area (Å²) >= 11 is 1.57. The number of thiophene rings is 1. The summed E-state index contributed by atoms with van der Waals surface area (Å²) in [6, 6.07) is 3.94. The van der Waals surface area contributed by atoms with Crippen molar-refractivity contribution in [2.24, 2.45) is 5.41 Å². The number of aromatic nitrogens is 2. The fourth-order valence-corrected chi connectivity index (χ4v) is 5.24. The molecule has 4 heterocycles. The normalized spacial score (nSPS) is 23.2. The van der Waals surface area contributed by atoms with Crippen LogP contribution in [0.3, 0.4) is 0 Å². The number of aromatic amines is 1. The first kappa shape index (κ1) is 18.2. The molecular weight excluding hydrogens is 360 g/mol. The number of piperidine rings is 2. The molecule has 2 fully saturated rings. The van der Waals surface area contributed by atoms with E-state index in [0.29, 0.717) is 13.0 Å². The average molecular weight is 387 g/mol. The van der Waals surface area contributed by atoms with Gasteiger partial charge in [0.05, 0.1) is 11.2 Å². The zero-order valence-corrected chi connectivity index (χ0v) is 16.6. The van der Waals surface area contributed by atoms with E-state index in [9.17, 15) is 9.59 Å². The van der Waals surface area contributed by atoms with Crippen molar-refractivity contribution < 1.29 is 9.59 Å². The molecule has 0 aromatic carbocycles. The Hall–Kier alpha value is -2.15. The van der Waals surface area contributed by atoms with Crippen molar-refractivity contribution in [3.63, 3.8) is 0 Å². The lowest BCUT2D eigenvalue weighted by molar-refractivity contribution is -0.138. The van der Waals surface area contributed by atoms with Gasteiger partial charge >= 0.3 is 0 Å². The quantitative estimate of drug-likeness (QED) is 0.878. The van der Waals surface area contributed by atoms with Crippen molar-refractivity contribution in [1.82, 2.24) is 19.8 Å². The highest BCUT2D eigenvalue weighted by Gasteiger charge is 2.42. The summed E-state index contributed by atoms with van der Waals surface area (Å²) in [6.45, 7) is 5.08. The third-order valence-electron chi connectivity index (χ3n) is 5.85. The molecule has 2 aliphatic heterocycles. The maximum absolute atomic E-state index is 12.9. The summed E-state index contributed by atoms with van der Waals surface area (Å²) in [5.74, 6) is 0.380. The molecule has 2 saturated heterocycles. The molecule has 1 N–H and O–H groups in total. The summed E-state index contributed by atoms with van der Waals surface area (Å²) in [5, 5.41) is 0. The summed E-state index contributed by atoms with van der Waals surface area (Å²) in [7, 11) is 0. The van der Waals surface area contributed by atoms with Crippen LogP contribution < -0.4 is 0 Å². The van der Waals surface area contributed by atoms with Crippen molar-refractivity contribution in [3.05, 3.63) is 40.1 Å². The van der Waals surface area contributed by atoms with Crippen LogP contribution in [0, 0.1) is 12.3 Å². The first-order valence-corrected chi connectivity index (χ1v) is 10.5. The van der Waals surface area contributed by atoms with Crippen molar-refractivity contribution in [1.29, 1.82) is 0 Å². The lowest BCUT2D eigenvalue weighted by Crippen LogP contribution is -2.55. The highest BCUT2D eigenvalue weighted by Crippen LogP contribution is 2.39. The van der Waals surface area contributed by atoms with E-state index in [2.05, 4.69) is 9.97 Å². The minimum absolute atomic E-state index is 0.0438. The molecular formula is C20H26N4O2S.